The molecule has 2 heteroatoms. The highest BCUT2D eigenvalue weighted by molar-refractivity contribution is 7.21. The lowest BCUT2D eigenvalue weighted by molar-refractivity contribution is 1.45. The van der Waals surface area contributed by atoms with Crippen LogP contribution < -0.4 is 0 Å². The van der Waals surface area contributed by atoms with Gasteiger partial charge in [0.2, 0.25) is 0 Å². The lowest BCUT2D eigenvalue weighted by Crippen LogP contribution is -1.86. The summed E-state index contributed by atoms with van der Waals surface area (Å²) in [5.74, 6) is 0. The molecule has 182 valence electrons. The van der Waals surface area contributed by atoms with Crippen molar-refractivity contribution in [3.8, 4) is 32.7 Å². The van der Waals surface area contributed by atoms with Crippen molar-refractivity contribution in [1.82, 2.24) is 4.98 Å². The molecule has 0 aliphatic carbocycles. The second-order valence-electron chi connectivity index (χ2n) is 10.0. The van der Waals surface area contributed by atoms with Gasteiger partial charge < -0.3 is 0 Å². The van der Waals surface area contributed by atoms with E-state index in [4.69, 9.17) is 0 Å². The SMILES string of the molecule is c1cc(-c2cccc(-c3cc4cccnc4s3)c2)cc(-c2ccc3c4ccccc4c4ccccc4c3c2)c1. The molecular weight excluding hydrogens is 490 g/mol. The van der Waals surface area contributed by atoms with Gasteiger partial charge in [0, 0.05) is 16.5 Å². The molecule has 2 aromatic heterocycles. The Hall–Kier alpha value is -4.79. The summed E-state index contributed by atoms with van der Waals surface area (Å²) >= 11 is 1.75. The first-order chi connectivity index (χ1) is 19.3. The van der Waals surface area contributed by atoms with Gasteiger partial charge in [-0.1, -0.05) is 103 Å². The van der Waals surface area contributed by atoms with Gasteiger partial charge in [0.05, 0.1) is 0 Å². The van der Waals surface area contributed by atoms with Gasteiger partial charge >= 0.3 is 0 Å². The van der Waals surface area contributed by atoms with Crippen LogP contribution in [0, 0.1) is 0 Å². The van der Waals surface area contributed by atoms with E-state index in [-0.39, 0.29) is 0 Å². The van der Waals surface area contributed by atoms with E-state index >= 15 is 0 Å². The number of hydrogen-bond acceptors (Lipinski definition) is 2. The summed E-state index contributed by atoms with van der Waals surface area (Å²) in [5.41, 5.74) is 6.12. The van der Waals surface area contributed by atoms with Crippen LogP contribution in [0.2, 0.25) is 0 Å². The summed E-state index contributed by atoms with van der Waals surface area (Å²) in [6.45, 7) is 0. The Morgan fingerprint density at radius 1 is 0.385 bits per heavy atom. The molecule has 0 aliphatic rings. The number of rotatable bonds is 3. The van der Waals surface area contributed by atoms with Crippen LogP contribution >= 0.6 is 11.3 Å². The Bertz CT molecular complexity index is 2120. The minimum absolute atomic E-state index is 1.08. The molecule has 0 atom stereocenters. The minimum atomic E-state index is 1.08. The maximum Gasteiger partial charge on any atom is 0.123 e. The van der Waals surface area contributed by atoms with E-state index in [1.807, 2.05) is 12.3 Å². The Kier molecular flexibility index (Phi) is 5.07. The van der Waals surface area contributed by atoms with Gasteiger partial charge in [0.25, 0.3) is 0 Å². The van der Waals surface area contributed by atoms with Crippen molar-refractivity contribution in [2.24, 2.45) is 0 Å². The molecule has 2 heterocycles. The van der Waals surface area contributed by atoms with Crippen LogP contribution in [-0.2, 0) is 0 Å². The summed E-state index contributed by atoms with van der Waals surface area (Å²) < 4.78 is 0. The fourth-order valence-corrected chi connectivity index (χ4v) is 6.83. The van der Waals surface area contributed by atoms with Crippen molar-refractivity contribution in [1.29, 1.82) is 0 Å². The molecular formula is C37H23NS. The fraction of sp³-hybridized carbons (Fsp3) is 0. The van der Waals surface area contributed by atoms with Crippen LogP contribution in [0.4, 0.5) is 0 Å². The Morgan fingerprint density at radius 3 is 1.56 bits per heavy atom. The molecule has 8 aromatic rings. The lowest BCUT2D eigenvalue weighted by Gasteiger charge is -2.12. The smallest absolute Gasteiger partial charge is 0.123 e. The molecule has 6 aromatic carbocycles. The first kappa shape index (κ1) is 22.2. The molecule has 0 amide bonds. The number of fused-ring (bicyclic) bond motifs is 7. The topological polar surface area (TPSA) is 12.9 Å². The predicted octanol–water partition coefficient (Wildman–Crippen LogP) is 10.8. The summed E-state index contributed by atoms with van der Waals surface area (Å²) in [5, 5.41) is 9.02. The minimum Gasteiger partial charge on any atom is -0.245 e. The Labute approximate surface area is 230 Å². The van der Waals surface area contributed by atoms with Crippen LogP contribution in [0.1, 0.15) is 0 Å². The van der Waals surface area contributed by atoms with E-state index in [1.54, 1.807) is 11.3 Å². The van der Waals surface area contributed by atoms with E-state index < -0.39 is 0 Å². The van der Waals surface area contributed by atoms with E-state index in [2.05, 4.69) is 132 Å². The van der Waals surface area contributed by atoms with Crippen molar-refractivity contribution in [2.75, 3.05) is 0 Å². The third kappa shape index (κ3) is 3.72. The lowest BCUT2D eigenvalue weighted by atomic mass is 9.91. The maximum absolute atomic E-state index is 4.53. The number of pyridine rings is 1. The normalized spacial score (nSPS) is 11.6. The zero-order valence-electron chi connectivity index (χ0n) is 21.1. The number of benzene rings is 6. The number of hydrogen-bond donors (Lipinski definition) is 0. The Morgan fingerprint density at radius 2 is 0.923 bits per heavy atom. The monoisotopic (exact) mass is 513 g/mol. The van der Waals surface area contributed by atoms with Gasteiger partial charge in [-0.2, -0.15) is 0 Å². The summed E-state index contributed by atoms with van der Waals surface area (Å²) in [6.07, 6.45) is 1.86. The second-order valence-corrected chi connectivity index (χ2v) is 11.1. The summed E-state index contributed by atoms with van der Waals surface area (Å²) in [7, 11) is 0. The summed E-state index contributed by atoms with van der Waals surface area (Å²) in [4.78, 5) is 6.85. The molecule has 0 saturated carbocycles. The van der Waals surface area contributed by atoms with Crippen LogP contribution in [-0.4, -0.2) is 4.98 Å². The number of thiophene rings is 1. The highest BCUT2D eigenvalue weighted by atomic mass is 32.1. The molecule has 0 N–H and O–H groups in total. The molecule has 0 fully saturated rings. The van der Waals surface area contributed by atoms with Crippen molar-refractivity contribution in [3.63, 3.8) is 0 Å². The largest absolute Gasteiger partial charge is 0.245 e. The van der Waals surface area contributed by atoms with Crippen LogP contribution in [0.5, 0.6) is 0 Å². The Balaban J connectivity index is 1.24. The molecule has 0 saturated heterocycles. The van der Waals surface area contributed by atoms with Gasteiger partial charge in [-0.3, -0.25) is 0 Å². The van der Waals surface area contributed by atoms with Crippen molar-refractivity contribution >= 4 is 53.9 Å². The van der Waals surface area contributed by atoms with Gasteiger partial charge in [0.15, 0.2) is 0 Å². The third-order valence-corrected chi connectivity index (χ3v) is 8.82. The molecule has 0 spiro atoms. The molecule has 1 nitrogen and oxygen atoms in total. The molecule has 8 rings (SSSR count). The molecule has 0 aliphatic heterocycles. The maximum atomic E-state index is 4.53. The van der Waals surface area contributed by atoms with Crippen molar-refractivity contribution in [3.05, 3.63) is 140 Å². The molecule has 0 bridgehead atoms. The van der Waals surface area contributed by atoms with Gasteiger partial charge in [-0.25, -0.2) is 4.98 Å². The number of nitrogens with zero attached hydrogens (tertiary/aromatic N) is 1. The fourth-order valence-electron chi connectivity index (χ4n) is 5.83. The highest BCUT2D eigenvalue weighted by Gasteiger charge is 2.11. The highest BCUT2D eigenvalue weighted by Crippen LogP contribution is 2.38. The quantitative estimate of drug-likeness (QED) is 0.214. The van der Waals surface area contributed by atoms with Gasteiger partial charge in [-0.15, -0.1) is 11.3 Å². The van der Waals surface area contributed by atoms with Crippen molar-refractivity contribution < 1.29 is 0 Å². The second kappa shape index (κ2) is 8.90. The zero-order chi connectivity index (χ0) is 25.8. The predicted molar refractivity (Wildman–Crippen MR) is 168 cm³/mol. The average molecular weight is 514 g/mol. The standard InChI is InChI=1S/C37H23NS/c1-2-15-32-30(13-1)31-14-3-4-16-33(31)35-22-27(17-18-34(32)35)25-9-5-8-24(20-25)26-10-6-11-28(21-26)36-23-29-12-7-19-38-37(29)39-36/h1-23H. The van der Waals surface area contributed by atoms with Crippen LogP contribution in [0.25, 0.3) is 75.2 Å². The van der Waals surface area contributed by atoms with E-state index in [0.717, 1.165) is 4.83 Å². The number of aromatic nitrogens is 1. The van der Waals surface area contributed by atoms with Gasteiger partial charge in [0.1, 0.15) is 4.83 Å². The van der Waals surface area contributed by atoms with Crippen LogP contribution in [0.15, 0.2) is 140 Å². The van der Waals surface area contributed by atoms with E-state index in [9.17, 15) is 0 Å². The van der Waals surface area contributed by atoms with E-state index in [1.165, 1.54) is 70.4 Å². The van der Waals surface area contributed by atoms with Crippen LogP contribution in [0.3, 0.4) is 0 Å². The average Bonchev–Trinajstić information content (AvgIpc) is 3.46. The van der Waals surface area contributed by atoms with Gasteiger partial charge in [-0.05, 0) is 90.5 Å². The molecule has 0 radical (unpaired) electrons. The zero-order valence-corrected chi connectivity index (χ0v) is 22.0. The molecule has 0 unspecified atom stereocenters. The first-order valence-corrected chi connectivity index (χ1v) is 14.0. The van der Waals surface area contributed by atoms with E-state index in [0.29, 0.717) is 0 Å². The third-order valence-electron chi connectivity index (χ3n) is 7.71. The summed E-state index contributed by atoms with van der Waals surface area (Å²) in [6, 6.07) is 48.6. The first-order valence-electron chi connectivity index (χ1n) is 13.2. The van der Waals surface area contributed by atoms with Crippen molar-refractivity contribution in [2.45, 2.75) is 0 Å². The molecule has 39 heavy (non-hydrogen) atoms.